The summed E-state index contributed by atoms with van der Waals surface area (Å²) in [6, 6.07) is 14.0. The van der Waals surface area contributed by atoms with Crippen LogP contribution in [0.1, 0.15) is 63.1 Å². The standard InChI is InChI=1S/C28H32N4OS/c1-6-25(26(33)31-24-13-17(2)30-23-10-8-7-9-21(23)24)34-27-19(16-29)14-18-15-20(28(3,4)5)11-12-22(18)32-27/h7-10,13-14,20,25H,6,11-12,15H2,1-5H3,(H,30,31,33). The molecule has 5 nitrogen and oxygen atoms in total. The number of nitrogens with zero attached hydrogens (tertiary/aromatic N) is 3. The highest BCUT2D eigenvalue weighted by Crippen LogP contribution is 2.39. The number of amides is 1. The number of hydrogen-bond acceptors (Lipinski definition) is 5. The van der Waals surface area contributed by atoms with E-state index in [1.165, 1.54) is 17.3 Å². The first-order valence-corrected chi connectivity index (χ1v) is 12.8. The lowest BCUT2D eigenvalue weighted by Gasteiger charge is -2.34. The Hall–Kier alpha value is -2.91. The molecule has 2 aromatic heterocycles. The molecule has 1 amide bonds. The van der Waals surface area contributed by atoms with Crippen LogP contribution in [0.2, 0.25) is 0 Å². The molecule has 1 aromatic carbocycles. The molecule has 0 bridgehead atoms. The van der Waals surface area contributed by atoms with Gasteiger partial charge in [0.25, 0.3) is 0 Å². The topological polar surface area (TPSA) is 78.7 Å². The monoisotopic (exact) mass is 472 g/mol. The summed E-state index contributed by atoms with van der Waals surface area (Å²) in [5, 5.41) is 14.2. The summed E-state index contributed by atoms with van der Waals surface area (Å²) in [5.41, 5.74) is 5.53. The fraction of sp³-hybridized carbons (Fsp3) is 0.429. The van der Waals surface area contributed by atoms with E-state index in [1.807, 2.05) is 50.2 Å². The van der Waals surface area contributed by atoms with Gasteiger partial charge in [0.1, 0.15) is 11.1 Å². The third-order valence-electron chi connectivity index (χ3n) is 6.72. The quantitative estimate of drug-likeness (QED) is 0.431. The summed E-state index contributed by atoms with van der Waals surface area (Å²) >= 11 is 1.39. The van der Waals surface area contributed by atoms with Gasteiger partial charge in [-0.25, -0.2) is 4.98 Å². The number of nitrogens with one attached hydrogen (secondary N) is 1. The normalized spacial score (nSPS) is 16.5. The Balaban J connectivity index is 1.57. The fourth-order valence-electron chi connectivity index (χ4n) is 4.64. The summed E-state index contributed by atoms with van der Waals surface area (Å²) in [6.45, 7) is 10.8. The summed E-state index contributed by atoms with van der Waals surface area (Å²) in [5.74, 6) is 0.499. The van der Waals surface area contributed by atoms with Gasteiger partial charge in [0.05, 0.1) is 22.0 Å². The molecule has 1 N–H and O–H groups in total. The van der Waals surface area contributed by atoms with Crippen molar-refractivity contribution in [2.45, 2.75) is 70.6 Å². The van der Waals surface area contributed by atoms with E-state index < -0.39 is 0 Å². The van der Waals surface area contributed by atoms with Crippen LogP contribution < -0.4 is 5.32 Å². The zero-order valence-electron chi connectivity index (χ0n) is 20.6. The molecule has 3 aromatic rings. The minimum Gasteiger partial charge on any atom is -0.324 e. The summed E-state index contributed by atoms with van der Waals surface area (Å²) in [4.78, 5) is 22.7. The van der Waals surface area contributed by atoms with Crippen LogP contribution in [0.15, 0.2) is 41.4 Å². The molecule has 6 heteroatoms. The Morgan fingerprint density at radius 2 is 2.03 bits per heavy atom. The van der Waals surface area contributed by atoms with Gasteiger partial charge < -0.3 is 5.32 Å². The molecule has 176 valence electrons. The van der Waals surface area contributed by atoms with Crippen molar-refractivity contribution in [2.24, 2.45) is 11.3 Å². The van der Waals surface area contributed by atoms with Crippen LogP contribution >= 0.6 is 11.8 Å². The maximum Gasteiger partial charge on any atom is 0.237 e. The second-order valence-electron chi connectivity index (χ2n) is 10.2. The van der Waals surface area contributed by atoms with Gasteiger partial charge in [0.15, 0.2) is 0 Å². The van der Waals surface area contributed by atoms with Crippen molar-refractivity contribution in [3.8, 4) is 6.07 Å². The summed E-state index contributed by atoms with van der Waals surface area (Å²) in [6.07, 6.45) is 3.61. The van der Waals surface area contributed by atoms with Crippen LogP contribution in [-0.4, -0.2) is 21.1 Å². The lowest BCUT2D eigenvalue weighted by atomic mass is 9.71. The highest BCUT2D eigenvalue weighted by Gasteiger charge is 2.30. The van der Waals surface area contributed by atoms with E-state index in [9.17, 15) is 10.1 Å². The van der Waals surface area contributed by atoms with Gasteiger partial charge in [-0.3, -0.25) is 9.78 Å². The Morgan fingerprint density at radius 3 is 2.74 bits per heavy atom. The molecular formula is C28H32N4OS. The number of hydrogen-bond donors (Lipinski definition) is 1. The number of carbonyl (C=O) groups is 1. The number of aromatic nitrogens is 2. The van der Waals surface area contributed by atoms with Crippen molar-refractivity contribution in [3.63, 3.8) is 0 Å². The number of benzene rings is 1. The molecule has 2 unspecified atom stereocenters. The predicted molar refractivity (Wildman–Crippen MR) is 139 cm³/mol. The van der Waals surface area contributed by atoms with Crippen LogP contribution in [0.5, 0.6) is 0 Å². The smallest absolute Gasteiger partial charge is 0.237 e. The van der Waals surface area contributed by atoms with Gasteiger partial charge in [-0.2, -0.15) is 5.26 Å². The van der Waals surface area contributed by atoms with Crippen molar-refractivity contribution in [2.75, 3.05) is 5.32 Å². The third-order valence-corrected chi connectivity index (χ3v) is 8.08. The van der Waals surface area contributed by atoms with E-state index in [0.717, 1.165) is 47.2 Å². The number of pyridine rings is 2. The molecule has 1 aliphatic rings. The van der Waals surface area contributed by atoms with Crippen LogP contribution in [0.4, 0.5) is 5.69 Å². The van der Waals surface area contributed by atoms with Crippen molar-refractivity contribution >= 4 is 34.3 Å². The minimum atomic E-state index is -0.351. The van der Waals surface area contributed by atoms with Crippen LogP contribution in [0.3, 0.4) is 0 Å². The Bertz CT molecular complexity index is 1270. The van der Waals surface area contributed by atoms with Crippen molar-refractivity contribution in [1.29, 1.82) is 5.26 Å². The number of aryl methyl sites for hydroxylation is 2. The first-order valence-electron chi connectivity index (χ1n) is 12.0. The number of nitriles is 1. The molecule has 0 spiro atoms. The van der Waals surface area contributed by atoms with E-state index in [0.29, 0.717) is 22.9 Å². The van der Waals surface area contributed by atoms with E-state index in [-0.39, 0.29) is 16.6 Å². The zero-order valence-corrected chi connectivity index (χ0v) is 21.4. The minimum absolute atomic E-state index is 0.0838. The van der Waals surface area contributed by atoms with Gasteiger partial charge in [0.2, 0.25) is 5.91 Å². The van der Waals surface area contributed by atoms with Crippen LogP contribution in [0, 0.1) is 29.6 Å². The largest absolute Gasteiger partial charge is 0.324 e. The van der Waals surface area contributed by atoms with E-state index in [2.05, 4.69) is 37.1 Å². The van der Waals surface area contributed by atoms with E-state index in [1.54, 1.807) is 0 Å². The van der Waals surface area contributed by atoms with Gasteiger partial charge in [-0.15, -0.1) is 0 Å². The zero-order chi connectivity index (χ0) is 24.5. The summed E-state index contributed by atoms with van der Waals surface area (Å²) < 4.78 is 0. The number of rotatable bonds is 5. The van der Waals surface area contributed by atoms with E-state index in [4.69, 9.17) is 4.98 Å². The first-order chi connectivity index (χ1) is 16.2. The molecule has 2 heterocycles. The number of anilines is 1. The number of fused-ring (bicyclic) bond motifs is 2. The molecule has 1 aliphatic carbocycles. The molecular weight excluding hydrogens is 440 g/mol. The van der Waals surface area contributed by atoms with Gasteiger partial charge in [-0.05, 0) is 67.7 Å². The lowest BCUT2D eigenvalue weighted by Crippen LogP contribution is -2.28. The number of para-hydroxylation sites is 1. The third kappa shape index (κ3) is 5.10. The Kier molecular flexibility index (Phi) is 6.95. The maximum absolute atomic E-state index is 13.3. The maximum atomic E-state index is 13.3. The molecule has 0 fully saturated rings. The van der Waals surface area contributed by atoms with Crippen LogP contribution in [0.25, 0.3) is 10.9 Å². The van der Waals surface area contributed by atoms with Gasteiger partial charge >= 0.3 is 0 Å². The number of thioether (sulfide) groups is 1. The fourth-order valence-corrected chi connectivity index (χ4v) is 5.63. The number of carbonyl (C=O) groups excluding carboxylic acids is 1. The first kappa shape index (κ1) is 24.2. The van der Waals surface area contributed by atoms with Gasteiger partial charge in [-0.1, -0.05) is 57.7 Å². The van der Waals surface area contributed by atoms with Crippen molar-refractivity contribution in [3.05, 3.63) is 58.9 Å². The SMILES string of the molecule is CCC(Sc1nc2c(cc1C#N)CC(C(C)(C)C)CC2)C(=O)Nc1cc(C)nc2ccccc12. The average Bonchev–Trinajstić information content (AvgIpc) is 2.80. The Morgan fingerprint density at radius 1 is 1.26 bits per heavy atom. The molecule has 2 atom stereocenters. The molecule has 0 saturated carbocycles. The highest BCUT2D eigenvalue weighted by atomic mass is 32.2. The lowest BCUT2D eigenvalue weighted by molar-refractivity contribution is -0.115. The second-order valence-corrected chi connectivity index (χ2v) is 11.4. The van der Waals surface area contributed by atoms with Crippen molar-refractivity contribution in [1.82, 2.24) is 9.97 Å². The molecule has 0 aliphatic heterocycles. The van der Waals surface area contributed by atoms with Crippen molar-refractivity contribution < 1.29 is 4.79 Å². The summed E-state index contributed by atoms with van der Waals surface area (Å²) in [7, 11) is 0. The molecule has 4 rings (SSSR count). The molecule has 0 radical (unpaired) electrons. The highest BCUT2D eigenvalue weighted by molar-refractivity contribution is 8.00. The average molecular weight is 473 g/mol. The Labute approximate surface area is 206 Å². The second kappa shape index (κ2) is 9.76. The molecule has 0 saturated heterocycles. The predicted octanol–water partition coefficient (Wildman–Crippen LogP) is 6.47. The van der Waals surface area contributed by atoms with Gasteiger partial charge in [0, 0.05) is 16.8 Å². The van der Waals surface area contributed by atoms with Crippen LogP contribution in [-0.2, 0) is 17.6 Å². The van der Waals surface area contributed by atoms with E-state index >= 15 is 0 Å². The molecule has 34 heavy (non-hydrogen) atoms.